The van der Waals surface area contributed by atoms with Crippen molar-refractivity contribution in [2.24, 2.45) is 5.92 Å². The van der Waals surface area contributed by atoms with Crippen LogP contribution in [0.3, 0.4) is 0 Å². The molecule has 0 aliphatic carbocycles. The number of aromatic nitrogens is 2. The Kier molecular flexibility index (Phi) is 4.22. The van der Waals surface area contributed by atoms with Crippen LogP contribution >= 0.6 is 0 Å². The van der Waals surface area contributed by atoms with Crippen molar-refractivity contribution in [2.75, 3.05) is 13.1 Å². The minimum atomic E-state index is -0.367. The fourth-order valence-electron chi connectivity index (χ4n) is 3.57. The topological polar surface area (TPSA) is 49.0 Å². The SMILES string of the molecule is O=C(c1cccc(F)c1)N1CCC(Cc2cnc3[nH]ccc3c2)CC1. The van der Waals surface area contributed by atoms with E-state index in [0.29, 0.717) is 11.5 Å². The number of hydrogen-bond donors (Lipinski definition) is 1. The van der Waals surface area contributed by atoms with Crippen molar-refractivity contribution in [3.63, 3.8) is 0 Å². The van der Waals surface area contributed by atoms with Gasteiger partial charge in [0, 0.05) is 36.4 Å². The van der Waals surface area contributed by atoms with Gasteiger partial charge in [-0.2, -0.15) is 0 Å². The summed E-state index contributed by atoms with van der Waals surface area (Å²) < 4.78 is 13.3. The Hall–Kier alpha value is -2.69. The summed E-state index contributed by atoms with van der Waals surface area (Å²) in [7, 11) is 0. The molecule has 1 aliphatic heterocycles. The molecule has 25 heavy (non-hydrogen) atoms. The first-order valence-electron chi connectivity index (χ1n) is 8.66. The van der Waals surface area contributed by atoms with Crippen LogP contribution in [-0.2, 0) is 6.42 Å². The Balaban J connectivity index is 1.37. The number of amides is 1. The Bertz CT molecular complexity index is 897. The lowest BCUT2D eigenvalue weighted by molar-refractivity contribution is 0.0690. The summed E-state index contributed by atoms with van der Waals surface area (Å²) in [5.41, 5.74) is 2.59. The number of aromatic amines is 1. The van der Waals surface area contributed by atoms with Crippen molar-refractivity contribution in [1.82, 2.24) is 14.9 Å². The third-order valence-corrected chi connectivity index (χ3v) is 4.95. The molecule has 3 heterocycles. The van der Waals surface area contributed by atoms with Gasteiger partial charge in [-0.25, -0.2) is 9.37 Å². The van der Waals surface area contributed by atoms with E-state index in [4.69, 9.17) is 0 Å². The van der Waals surface area contributed by atoms with Crippen molar-refractivity contribution in [2.45, 2.75) is 19.3 Å². The first-order valence-corrected chi connectivity index (χ1v) is 8.66. The molecule has 0 unspecified atom stereocenters. The second-order valence-corrected chi connectivity index (χ2v) is 6.71. The van der Waals surface area contributed by atoms with Gasteiger partial charge in [0.2, 0.25) is 0 Å². The quantitative estimate of drug-likeness (QED) is 0.790. The molecule has 4 rings (SSSR count). The van der Waals surface area contributed by atoms with Crippen LogP contribution in [0.5, 0.6) is 0 Å². The summed E-state index contributed by atoms with van der Waals surface area (Å²) in [5.74, 6) is 0.108. The number of nitrogens with one attached hydrogen (secondary N) is 1. The first kappa shape index (κ1) is 15.8. The van der Waals surface area contributed by atoms with Crippen LogP contribution in [0.2, 0.25) is 0 Å². The van der Waals surface area contributed by atoms with Crippen LogP contribution in [0.25, 0.3) is 11.0 Å². The molecule has 1 amide bonds. The average Bonchev–Trinajstić information content (AvgIpc) is 3.09. The number of nitrogens with zero attached hydrogens (tertiary/aromatic N) is 2. The van der Waals surface area contributed by atoms with Gasteiger partial charge in [-0.05, 0) is 61.1 Å². The fraction of sp³-hybridized carbons (Fsp3) is 0.300. The van der Waals surface area contributed by atoms with Crippen molar-refractivity contribution >= 4 is 16.9 Å². The van der Waals surface area contributed by atoms with E-state index in [1.54, 1.807) is 12.1 Å². The molecule has 0 radical (unpaired) electrons. The molecule has 1 fully saturated rings. The lowest BCUT2D eigenvalue weighted by atomic mass is 9.90. The predicted octanol–water partition coefficient (Wildman–Crippen LogP) is 3.80. The van der Waals surface area contributed by atoms with Gasteiger partial charge in [0.1, 0.15) is 11.5 Å². The number of fused-ring (bicyclic) bond motifs is 1. The van der Waals surface area contributed by atoms with Gasteiger partial charge in [-0.15, -0.1) is 0 Å². The Morgan fingerprint density at radius 2 is 2.08 bits per heavy atom. The fourth-order valence-corrected chi connectivity index (χ4v) is 3.57. The Morgan fingerprint density at radius 1 is 1.24 bits per heavy atom. The maximum atomic E-state index is 13.3. The molecule has 5 heteroatoms. The number of H-pyrrole nitrogens is 1. The molecule has 0 saturated carbocycles. The molecule has 1 saturated heterocycles. The highest BCUT2D eigenvalue weighted by Crippen LogP contribution is 2.24. The molecule has 3 aromatic rings. The number of carbonyl (C=O) groups is 1. The van der Waals surface area contributed by atoms with Crippen LogP contribution in [0.1, 0.15) is 28.8 Å². The number of hydrogen-bond acceptors (Lipinski definition) is 2. The minimum Gasteiger partial charge on any atom is -0.346 e. The summed E-state index contributed by atoms with van der Waals surface area (Å²) in [6.45, 7) is 1.44. The van der Waals surface area contributed by atoms with Crippen molar-refractivity contribution in [3.8, 4) is 0 Å². The Labute approximate surface area is 145 Å². The second kappa shape index (κ2) is 6.67. The standard InChI is InChI=1S/C20H20FN3O/c21-18-3-1-2-17(12-18)20(25)24-8-5-14(6-9-24)10-15-11-16-4-7-22-19(16)23-13-15/h1-4,7,11-14H,5-6,8-10H2,(H,22,23). The highest BCUT2D eigenvalue weighted by molar-refractivity contribution is 5.94. The number of benzene rings is 1. The number of carbonyl (C=O) groups excluding carboxylic acids is 1. The third kappa shape index (κ3) is 3.40. The number of rotatable bonds is 3. The summed E-state index contributed by atoms with van der Waals surface area (Å²) in [4.78, 5) is 21.9. The van der Waals surface area contributed by atoms with Gasteiger partial charge in [0.25, 0.3) is 5.91 Å². The van der Waals surface area contributed by atoms with Gasteiger partial charge in [0.05, 0.1) is 0 Å². The highest BCUT2D eigenvalue weighted by Gasteiger charge is 2.24. The van der Waals surface area contributed by atoms with E-state index < -0.39 is 0 Å². The predicted molar refractivity (Wildman–Crippen MR) is 94.8 cm³/mol. The van der Waals surface area contributed by atoms with Crippen molar-refractivity contribution in [3.05, 3.63) is 65.7 Å². The zero-order valence-electron chi connectivity index (χ0n) is 13.9. The van der Waals surface area contributed by atoms with Gasteiger partial charge >= 0.3 is 0 Å². The van der Waals surface area contributed by atoms with Gasteiger partial charge in [-0.3, -0.25) is 4.79 Å². The van der Waals surface area contributed by atoms with Crippen LogP contribution in [-0.4, -0.2) is 33.9 Å². The van der Waals surface area contributed by atoms with E-state index in [1.165, 1.54) is 17.7 Å². The van der Waals surface area contributed by atoms with Crippen molar-refractivity contribution in [1.29, 1.82) is 0 Å². The molecule has 128 valence electrons. The largest absolute Gasteiger partial charge is 0.346 e. The lowest BCUT2D eigenvalue weighted by Gasteiger charge is -2.32. The number of likely N-dealkylation sites (tertiary alicyclic amines) is 1. The van der Waals surface area contributed by atoms with Crippen LogP contribution < -0.4 is 0 Å². The maximum absolute atomic E-state index is 13.3. The lowest BCUT2D eigenvalue weighted by Crippen LogP contribution is -2.38. The van der Waals surface area contributed by atoms with E-state index in [2.05, 4.69) is 16.0 Å². The van der Waals surface area contributed by atoms with Gasteiger partial charge in [0.15, 0.2) is 0 Å². The molecular weight excluding hydrogens is 317 g/mol. The first-order chi connectivity index (χ1) is 12.2. The molecule has 0 atom stereocenters. The van der Waals surface area contributed by atoms with Crippen LogP contribution in [0, 0.1) is 11.7 Å². The smallest absolute Gasteiger partial charge is 0.253 e. The summed E-state index contributed by atoms with van der Waals surface area (Å²) in [6.07, 6.45) is 6.75. The molecule has 0 bridgehead atoms. The normalized spacial score (nSPS) is 15.6. The van der Waals surface area contributed by atoms with Crippen LogP contribution in [0.15, 0.2) is 48.8 Å². The summed E-state index contributed by atoms with van der Waals surface area (Å²) in [5, 5.41) is 1.14. The summed E-state index contributed by atoms with van der Waals surface area (Å²) in [6, 6.07) is 10.1. The highest BCUT2D eigenvalue weighted by atomic mass is 19.1. The number of halogens is 1. The Morgan fingerprint density at radius 3 is 2.88 bits per heavy atom. The van der Waals surface area contributed by atoms with Crippen LogP contribution in [0.4, 0.5) is 4.39 Å². The molecule has 4 nitrogen and oxygen atoms in total. The molecule has 1 aromatic carbocycles. The number of piperidine rings is 1. The van der Waals surface area contributed by atoms with E-state index >= 15 is 0 Å². The van der Waals surface area contributed by atoms with E-state index in [9.17, 15) is 9.18 Å². The zero-order chi connectivity index (χ0) is 17.2. The number of pyridine rings is 1. The molecule has 1 N–H and O–H groups in total. The minimum absolute atomic E-state index is 0.0756. The monoisotopic (exact) mass is 337 g/mol. The third-order valence-electron chi connectivity index (χ3n) is 4.95. The van der Waals surface area contributed by atoms with E-state index in [1.807, 2.05) is 23.4 Å². The van der Waals surface area contributed by atoms with E-state index in [-0.39, 0.29) is 11.7 Å². The second-order valence-electron chi connectivity index (χ2n) is 6.71. The summed E-state index contributed by atoms with van der Waals surface area (Å²) >= 11 is 0. The molecule has 0 spiro atoms. The van der Waals surface area contributed by atoms with Crippen molar-refractivity contribution < 1.29 is 9.18 Å². The average molecular weight is 337 g/mol. The molecular formula is C20H20FN3O. The van der Waals surface area contributed by atoms with E-state index in [0.717, 1.165) is 43.4 Å². The zero-order valence-corrected chi connectivity index (χ0v) is 13.9. The van der Waals surface area contributed by atoms with Gasteiger partial charge < -0.3 is 9.88 Å². The molecule has 2 aromatic heterocycles. The maximum Gasteiger partial charge on any atom is 0.253 e. The molecule has 1 aliphatic rings. The van der Waals surface area contributed by atoms with Gasteiger partial charge in [-0.1, -0.05) is 6.07 Å².